The van der Waals surface area contributed by atoms with E-state index in [-0.39, 0.29) is 0 Å². The summed E-state index contributed by atoms with van der Waals surface area (Å²) in [5.74, 6) is 0. The zero-order chi connectivity index (χ0) is 12.5. The van der Waals surface area contributed by atoms with Crippen molar-refractivity contribution in [2.24, 2.45) is 0 Å². The van der Waals surface area contributed by atoms with Crippen LogP contribution < -0.4 is 0 Å². The summed E-state index contributed by atoms with van der Waals surface area (Å²) in [4.78, 5) is 5.15. The van der Waals surface area contributed by atoms with Gasteiger partial charge in [-0.2, -0.15) is 0 Å². The molecule has 18 heavy (non-hydrogen) atoms. The molecule has 0 saturated carbocycles. The lowest BCUT2D eigenvalue weighted by Crippen LogP contribution is -2.45. The van der Waals surface area contributed by atoms with Gasteiger partial charge in [-0.1, -0.05) is 28.1 Å². The number of hydrogen-bond donors (Lipinski definition) is 0. The molecule has 0 radical (unpaired) electrons. The Kier molecular flexibility index (Phi) is 3.73. The third kappa shape index (κ3) is 2.49. The Morgan fingerprint density at radius 1 is 1.17 bits per heavy atom. The molecule has 98 valence electrons. The van der Waals surface area contributed by atoms with E-state index in [2.05, 4.69) is 51.0 Å². The smallest absolute Gasteiger partial charge is 0.0239 e. The highest BCUT2D eigenvalue weighted by atomic mass is 79.9. The highest BCUT2D eigenvalue weighted by molar-refractivity contribution is 9.10. The van der Waals surface area contributed by atoms with Crippen molar-refractivity contribution in [3.05, 3.63) is 33.8 Å². The second-order valence-corrected chi connectivity index (χ2v) is 6.49. The summed E-state index contributed by atoms with van der Waals surface area (Å²) in [6.07, 6.45) is 3.86. The van der Waals surface area contributed by atoms with E-state index in [9.17, 15) is 0 Å². The van der Waals surface area contributed by atoms with E-state index in [1.807, 2.05) is 0 Å². The molecule has 0 amide bonds. The number of fused-ring (bicyclic) bond motifs is 1. The number of nitrogens with zero attached hydrogens (tertiary/aromatic N) is 2. The van der Waals surface area contributed by atoms with E-state index < -0.39 is 0 Å². The molecule has 0 atom stereocenters. The molecule has 2 nitrogen and oxygen atoms in total. The number of rotatable bonds is 1. The lowest BCUT2D eigenvalue weighted by atomic mass is 9.95. The van der Waals surface area contributed by atoms with Crippen molar-refractivity contribution in [3.63, 3.8) is 0 Å². The van der Waals surface area contributed by atoms with Gasteiger partial charge < -0.3 is 4.90 Å². The van der Waals surface area contributed by atoms with Gasteiger partial charge >= 0.3 is 0 Å². The first-order valence-electron chi connectivity index (χ1n) is 6.93. The Labute approximate surface area is 118 Å². The maximum absolute atomic E-state index is 3.68. The van der Waals surface area contributed by atoms with Crippen LogP contribution in [0.3, 0.4) is 0 Å². The zero-order valence-corrected chi connectivity index (χ0v) is 12.6. The summed E-state index contributed by atoms with van der Waals surface area (Å²) >= 11 is 3.68. The first kappa shape index (κ1) is 12.6. The maximum Gasteiger partial charge on any atom is 0.0239 e. The van der Waals surface area contributed by atoms with E-state index in [1.54, 1.807) is 0 Å². The molecule has 2 heterocycles. The Morgan fingerprint density at radius 2 is 1.94 bits per heavy atom. The summed E-state index contributed by atoms with van der Waals surface area (Å²) in [5.41, 5.74) is 3.05. The first-order chi connectivity index (χ1) is 8.74. The minimum atomic E-state index is 0.799. The number of piperidine rings is 1. The molecule has 3 rings (SSSR count). The predicted molar refractivity (Wildman–Crippen MR) is 78.8 cm³/mol. The average Bonchev–Trinajstić information content (AvgIpc) is 2.39. The fourth-order valence-electron chi connectivity index (χ4n) is 3.26. The first-order valence-corrected chi connectivity index (χ1v) is 7.72. The fraction of sp³-hybridized carbons (Fsp3) is 0.600. The van der Waals surface area contributed by atoms with Gasteiger partial charge in [0, 0.05) is 23.6 Å². The van der Waals surface area contributed by atoms with Crippen molar-refractivity contribution < 1.29 is 0 Å². The second-order valence-electron chi connectivity index (χ2n) is 5.63. The summed E-state index contributed by atoms with van der Waals surface area (Å²) in [5, 5.41) is 0. The Bertz CT molecular complexity index is 425. The third-order valence-electron chi connectivity index (χ3n) is 4.44. The van der Waals surface area contributed by atoms with Crippen molar-refractivity contribution in [2.45, 2.75) is 31.8 Å². The van der Waals surface area contributed by atoms with Crippen LogP contribution in [0, 0.1) is 0 Å². The van der Waals surface area contributed by atoms with Crippen LogP contribution >= 0.6 is 15.9 Å². The van der Waals surface area contributed by atoms with E-state index >= 15 is 0 Å². The van der Waals surface area contributed by atoms with Gasteiger partial charge in [-0.05, 0) is 56.6 Å². The van der Waals surface area contributed by atoms with Crippen LogP contribution in [0.1, 0.15) is 24.0 Å². The molecule has 1 fully saturated rings. The van der Waals surface area contributed by atoms with Crippen LogP contribution in [0.5, 0.6) is 0 Å². The number of hydrogen-bond acceptors (Lipinski definition) is 2. The Hall–Kier alpha value is -0.380. The van der Waals surface area contributed by atoms with Gasteiger partial charge in [0.05, 0.1) is 0 Å². The number of likely N-dealkylation sites (tertiary alicyclic amines) is 1. The monoisotopic (exact) mass is 308 g/mol. The molecule has 0 aromatic heterocycles. The number of benzene rings is 1. The largest absolute Gasteiger partial charge is 0.306 e. The highest BCUT2D eigenvalue weighted by Gasteiger charge is 2.26. The molecule has 1 aromatic rings. The summed E-state index contributed by atoms with van der Waals surface area (Å²) in [6.45, 7) is 4.88. The van der Waals surface area contributed by atoms with Crippen molar-refractivity contribution in [2.75, 3.05) is 26.7 Å². The predicted octanol–water partition coefficient (Wildman–Crippen LogP) is 2.90. The van der Waals surface area contributed by atoms with Crippen LogP contribution in [0.15, 0.2) is 22.7 Å². The topological polar surface area (TPSA) is 6.48 Å². The maximum atomic E-state index is 3.68. The van der Waals surface area contributed by atoms with E-state index in [4.69, 9.17) is 0 Å². The zero-order valence-electron chi connectivity index (χ0n) is 11.0. The van der Waals surface area contributed by atoms with Crippen LogP contribution in [0.25, 0.3) is 0 Å². The van der Waals surface area contributed by atoms with Crippen LogP contribution in [0.4, 0.5) is 0 Å². The van der Waals surface area contributed by atoms with Gasteiger partial charge in [0.15, 0.2) is 0 Å². The molecule has 0 spiro atoms. The van der Waals surface area contributed by atoms with Crippen LogP contribution in [0.2, 0.25) is 0 Å². The molecule has 0 unspecified atom stereocenters. The van der Waals surface area contributed by atoms with Crippen LogP contribution in [-0.2, 0) is 13.0 Å². The normalized spacial score (nSPS) is 23.0. The summed E-state index contributed by atoms with van der Waals surface area (Å²) < 4.78 is 1.29. The average molecular weight is 309 g/mol. The molecular formula is C15H21BrN2. The van der Waals surface area contributed by atoms with Gasteiger partial charge in [-0.15, -0.1) is 0 Å². The van der Waals surface area contributed by atoms with Gasteiger partial charge in [0.1, 0.15) is 0 Å². The quantitative estimate of drug-likeness (QED) is 0.787. The van der Waals surface area contributed by atoms with Gasteiger partial charge in [-0.3, -0.25) is 4.90 Å². The van der Waals surface area contributed by atoms with E-state index in [0.29, 0.717) is 0 Å². The van der Waals surface area contributed by atoms with Gasteiger partial charge in [0.2, 0.25) is 0 Å². The molecule has 0 bridgehead atoms. The van der Waals surface area contributed by atoms with Gasteiger partial charge in [-0.25, -0.2) is 0 Å². The third-order valence-corrected chi connectivity index (χ3v) is 5.19. The van der Waals surface area contributed by atoms with Crippen molar-refractivity contribution in [1.82, 2.24) is 9.80 Å². The molecule has 0 aliphatic carbocycles. The SMILES string of the molecule is CN1CCC(N2CCc3c(Br)cccc3C2)CC1. The van der Waals surface area contributed by atoms with E-state index in [0.717, 1.165) is 12.6 Å². The minimum Gasteiger partial charge on any atom is -0.306 e. The standard InChI is InChI=1S/C15H21BrN2/c1-17-8-5-13(6-9-17)18-10-7-14-12(11-18)3-2-4-15(14)16/h2-4,13H,5-11H2,1H3. The van der Waals surface area contributed by atoms with Crippen molar-refractivity contribution in [3.8, 4) is 0 Å². The summed E-state index contributed by atoms with van der Waals surface area (Å²) in [6, 6.07) is 7.43. The molecule has 0 N–H and O–H groups in total. The lowest BCUT2D eigenvalue weighted by molar-refractivity contribution is 0.109. The Balaban J connectivity index is 1.71. The van der Waals surface area contributed by atoms with E-state index in [1.165, 1.54) is 54.5 Å². The Morgan fingerprint density at radius 3 is 2.72 bits per heavy atom. The molecule has 1 aromatic carbocycles. The fourth-order valence-corrected chi connectivity index (χ4v) is 3.86. The van der Waals surface area contributed by atoms with Crippen LogP contribution in [-0.4, -0.2) is 42.5 Å². The lowest BCUT2D eigenvalue weighted by Gasteiger charge is -2.40. The molecule has 2 aliphatic heterocycles. The molecule has 3 heteroatoms. The molecular weight excluding hydrogens is 288 g/mol. The molecule has 2 aliphatic rings. The van der Waals surface area contributed by atoms with Crippen molar-refractivity contribution in [1.29, 1.82) is 0 Å². The highest BCUT2D eigenvalue weighted by Crippen LogP contribution is 2.29. The minimum absolute atomic E-state index is 0.799. The number of halogens is 1. The van der Waals surface area contributed by atoms with Crippen molar-refractivity contribution >= 4 is 15.9 Å². The second kappa shape index (κ2) is 5.32. The summed E-state index contributed by atoms with van der Waals surface area (Å²) in [7, 11) is 2.23. The molecule has 1 saturated heterocycles. The van der Waals surface area contributed by atoms with Gasteiger partial charge in [0.25, 0.3) is 0 Å².